The zero-order valence-corrected chi connectivity index (χ0v) is 23.4. The summed E-state index contributed by atoms with van der Waals surface area (Å²) in [5, 5.41) is 0.624. The Morgan fingerprint density at radius 3 is 2.69 bits per heavy atom. The van der Waals surface area contributed by atoms with Crippen LogP contribution in [0.15, 0.2) is 59.9 Å². The van der Waals surface area contributed by atoms with Crippen molar-refractivity contribution in [1.82, 2.24) is 24.5 Å². The zero-order valence-electron chi connectivity index (χ0n) is 21.8. The van der Waals surface area contributed by atoms with Crippen LogP contribution >= 0.6 is 19.2 Å². The maximum atomic E-state index is 12.9. The summed E-state index contributed by atoms with van der Waals surface area (Å²) in [6, 6.07) is 10.5. The summed E-state index contributed by atoms with van der Waals surface area (Å²) in [6.45, 7) is 4.84. The minimum atomic E-state index is -3.85. The highest BCUT2D eigenvalue weighted by Crippen LogP contribution is 2.52. The molecule has 0 saturated heterocycles. The van der Waals surface area contributed by atoms with E-state index in [2.05, 4.69) is 21.9 Å². The Hall–Kier alpha value is -3.04. The largest absolute Gasteiger partial charge is 0.492 e. The molecule has 2 N–H and O–H groups in total. The highest BCUT2D eigenvalue weighted by Gasteiger charge is 2.43. The van der Waals surface area contributed by atoms with E-state index >= 15 is 0 Å². The summed E-state index contributed by atoms with van der Waals surface area (Å²) in [5.74, 6) is 1.40. The molecular weight excluding hydrogens is 541 g/mol. The number of imidazole rings is 1. The van der Waals surface area contributed by atoms with Crippen LogP contribution in [0.3, 0.4) is 0 Å². The summed E-state index contributed by atoms with van der Waals surface area (Å²) in [7, 11) is -3.85. The van der Waals surface area contributed by atoms with Crippen LogP contribution in [-0.4, -0.2) is 42.1 Å². The molecule has 0 radical (unpaired) electrons. The third-order valence-electron chi connectivity index (χ3n) is 7.30. The molecule has 3 heterocycles. The first kappa shape index (κ1) is 27.5. The molecule has 1 aliphatic carbocycles. The van der Waals surface area contributed by atoms with Gasteiger partial charge in [0, 0.05) is 22.8 Å². The molecule has 0 spiro atoms. The number of H-pyrrole nitrogens is 1. The molecule has 206 valence electrons. The Balaban J connectivity index is 1.34. The normalized spacial score (nSPS) is 23.0. The van der Waals surface area contributed by atoms with Gasteiger partial charge in [0.2, 0.25) is 0 Å². The molecule has 0 bridgehead atoms. The summed E-state index contributed by atoms with van der Waals surface area (Å²) in [4.78, 5) is 39.1. The second kappa shape index (κ2) is 11.2. The number of nitrogens with one attached hydrogen (secondary N) is 1. The van der Waals surface area contributed by atoms with Crippen LogP contribution in [-0.2, 0) is 27.2 Å². The maximum absolute atomic E-state index is 12.9. The number of nitrogens with zero attached hydrogens (tertiary/aromatic N) is 4. The van der Waals surface area contributed by atoms with Gasteiger partial charge in [0.15, 0.2) is 11.2 Å². The molecule has 1 aromatic carbocycles. The molecule has 1 aliphatic rings. The fourth-order valence-corrected chi connectivity index (χ4v) is 7.06. The van der Waals surface area contributed by atoms with Gasteiger partial charge in [-0.1, -0.05) is 25.4 Å². The molecule has 4 atom stereocenters. The van der Waals surface area contributed by atoms with Gasteiger partial charge >= 0.3 is 7.60 Å². The number of benzene rings is 1. The second-order valence-electron chi connectivity index (χ2n) is 10.4. The number of pyridine rings is 1. The SMILES string of the molecule is CC1CC(C)(c2nc3nc[nH]c(=O)c3n2CCOc2ccc(Cl)cc2)CCC1OP(=O)(O)Cc1ccncc1. The lowest BCUT2D eigenvalue weighted by Crippen LogP contribution is -2.39. The lowest BCUT2D eigenvalue weighted by atomic mass is 9.69. The van der Waals surface area contributed by atoms with Crippen molar-refractivity contribution in [1.29, 1.82) is 0 Å². The average molecular weight is 572 g/mol. The van der Waals surface area contributed by atoms with E-state index in [9.17, 15) is 14.3 Å². The van der Waals surface area contributed by atoms with E-state index < -0.39 is 13.0 Å². The number of fused-ring (bicyclic) bond motifs is 1. The van der Waals surface area contributed by atoms with Crippen molar-refractivity contribution in [3.63, 3.8) is 0 Å². The lowest BCUT2D eigenvalue weighted by Gasteiger charge is -2.41. The van der Waals surface area contributed by atoms with Crippen LogP contribution in [0.4, 0.5) is 0 Å². The standard InChI is InChI=1S/C27H31ClN5O5P/c1-18-15-27(2,10-7-22(18)38-39(35,36)16-19-8-11-29-12-9-19)26-32-24-23(25(34)31-17-30-24)33(26)13-14-37-21-5-3-20(28)4-6-21/h3-6,8-9,11-12,17-18,22H,7,10,13-16H2,1-2H3,(H,35,36)(H,30,31,34). The predicted molar refractivity (Wildman–Crippen MR) is 148 cm³/mol. The highest BCUT2D eigenvalue weighted by molar-refractivity contribution is 7.52. The van der Waals surface area contributed by atoms with Crippen LogP contribution in [0.5, 0.6) is 5.75 Å². The first-order chi connectivity index (χ1) is 18.6. The quantitative estimate of drug-likeness (QED) is 0.265. The lowest BCUT2D eigenvalue weighted by molar-refractivity contribution is 0.0560. The monoisotopic (exact) mass is 571 g/mol. The van der Waals surface area contributed by atoms with Gasteiger partial charge in [-0.05, 0) is 67.1 Å². The second-order valence-corrected chi connectivity index (χ2v) is 12.6. The molecule has 0 aliphatic heterocycles. The molecule has 12 heteroatoms. The Bertz CT molecular complexity index is 1540. The van der Waals surface area contributed by atoms with E-state index in [1.165, 1.54) is 6.33 Å². The molecule has 3 aromatic heterocycles. The van der Waals surface area contributed by atoms with Crippen molar-refractivity contribution in [3.8, 4) is 5.75 Å². The molecule has 1 saturated carbocycles. The van der Waals surface area contributed by atoms with Crippen molar-refractivity contribution < 1.29 is 18.7 Å². The fourth-order valence-electron chi connectivity index (χ4n) is 5.46. The third kappa shape index (κ3) is 6.25. The van der Waals surface area contributed by atoms with Crippen molar-refractivity contribution in [3.05, 3.63) is 81.9 Å². The zero-order chi connectivity index (χ0) is 27.6. The van der Waals surface area contributed by atoms with Crippen LogP contribution in [0.2, 0.25) is 5.02 Å². The number of halogens is 1. The molecular formula is C27H31ClN5O5P. The summed E-state index contributed by atoms with van der Waals surface area (Å²) in [6.07, 6.45) is 6.01. The number of ether oxygens (including phenoxy) is 1. The maximum Gasteiger partial charge on any atom is 0.332 e. The fraction of sp³-hybridized carbons (Fsp3) is 0.407. The minimum Gasteiger partial charge on any atom is -0.492 e. The Kier molecular flexibility index (Phi) is 7.91. The van der Waals surface area contributed by atoms with Gasteiger partial charge in [-0.3, -0.25) is 14.3 Å². The topological polar surface area (TPSA) is 132 Å². The molecule has 10 nitrogen and oxygen atoms in total. The van der Waals surface area contributed by atoms with Gasteiger partial charge in [0.05, 0.1) is 25.1 Å². The number of aromatic amines is 1. The number of rotatable bonds is 9. The van der Waals surface area contributed by atoms with Crippen LogP contribution in [0.1, 0.15) is 44.5 Å². The first-order valence-electron chi connectivity index (χ1n) is 12.9. The van der Waals surface area contributed by atoms with Gasteiger partial charge < -0.3 is 23.7 Å². The molecule has 4 unspecified atom stereocenters. The summed E-state index contributed by atoms with van der Waals surface area (Å²) >= 11 is 5.97. The predicted octanol–water partition coefficient (Wildman–Crippen LogP) is 5.10. The molecule has 1 fully saturated rings. The Morgan fingerprint density at radius 1 is 1.23 bits per heavy atom. The molecule has 39 heavy (non-hydrogen) atoms. The van der Waals surface area contributed by atoms with E-state index in [0.29, 0.717) is 59.9 Å². The summed E-state index contributed by atoms with van der Waals surface area (Å²) in [5.41, 5.74) is 0.811. The molecule has 4 aromatic rings. The van der Waals surface area contributed by atoms with E-state index in [-0.39, 0.29) is 23.7 Å². The summed E-state index contributed by atoms with van der Waals surface area (Å²) < 4.78 is 26.6. The number of aromatic nitrogens is 5. The van der Waals surface area contributed by atoms with Crippen LogP contribution < -0.4 is 10.3 Å². The minimum absolute atomic E-state index is 0.0218. The van der Waals surface area contributed by atoms with Crippen molar-refractivity contribution in [2.75, 3.05) is 6.61 Å². The Morgan fingerprint density at radius 2 is 1.97 bits per heavy atom. The Labute approximate surface area is 230 Å². The highest BCUT2D eigenvalue weighted by atomic mass is 35.5. The smallest absolute Gasteiger partial charge is 0.332 e. The average Bonchev–Trinajstić information content (AvgIpc) is 3.28. The van der Waals surface area contributed by atoms with Gasteiger partial charge in [0.1, 0.15) is 18.2 Å². The van der Waals surface area contributed by atoms with E-state index in [1.54, 1.807) is 48.8 Å². The van der Waals surface area contributed by atoms with Gasteiger partial charge in [-0.2, -0.15) is 0 Å². The van der Waals surface area contributed by atoms with E-state index in [1.807, 2.05) is 11.5 Å². The van der Waals surface area contributed by atoms with E-state index in [0.717, 1.165) is 5.82 Å². The van der Waals surface area contributed by atoms with Crippen molar-refractivity contribution >= 4 is 30.4 Å². The van der Waals surface area contributed by atoms with E-state index in [4.69, 9.17) is 25.8 Å². The third-order valence-corrected chi connectivity index (χ3v) is 8.92. The first-order valence-corrected chi connectivity index (χ1v) is 15.0. The van der Waals surface area contributed by atoms with Gasteiger partial charge in [-0.25, -0.2) is 9.97 Å². The van der Waals surface area contributed by atoms with Crippen molar-refractivity contribution in [2.45, 2.75) is 57.3 Å². The molecule has 5 rings (SSSR count). The van der Waals surface area contributed by atoms with Gasteiger partial charge in [0.25, 0.3) is 5.56 Å². The number of hydrogen-bond donors (Lipinski definition) is 2. The number of hydrogen-bond acceptors (Lipinski definition) is 7. The van der Waals surface area contributed by atoms with Crippen LogP contribution in [0, 0.1) is 5.92 Å². The van der Waals surface area contributed by atoms with Gasteiger partial charge in [-0.15, -0.1) is 0 Å². The molecule has 0 amide bonds. The van der Waals surface area contributed by atoms with Crippen molar-refractivity contribution in [2.24, 2.45) is 5.92 Å². The van der Waals surface area contributed by atoms with Crippen LogP contribution in [0.25, 0.3) is 11.2 Å².